The van der Waals surface area contributed by atoms with Gasteiger partial charge in [-0.05, 0) is 31.0 Å². The van der Waals surface area contributed by atoms with Gasteiger partial charge in [0.1, 0.15) is 11.6 Å². The second kappa shape index (κ2) is 4.89. The van der Waals surface area contributed by atoms with E-state index in [9.17, 15) is 9.18 Å². The molecule has 1 atom stereocenters. The third kappa shape index (κ3) is 3.07. The Labute approximate surface area is 95.4 Å². The highest BCUT2D eigenvalue weighted by atomic mass is 79.9. The molecule has 0 saturated heterocycles. The van der Waals surface area contributed by atoms with Crippen molar-refractivity contribution in [3.05, 3.63) is 34.6 Å². The smallest absolute Gasteiger partial charge is 0.143 e. The monoisotopic (exact) mass is 278 g/mol. The van der Waals surface area contributed by atoms with Crippen molar-refractivity contribution in [2.45, 2.75) is 18.2 Å². The number of hydrogen-bond donors (Lipinski definition) is 0. The van der Waals surface area contributed by atoms with Crippen LogP contribution in [0.1, 0.15) is 12.5 Å². The second-order valence-electron chi connectivity index (χ2n) is 3.03. The van der Waals surface area contributed by atoms with Crippen LogP contribution in [0.4, 0.5) is 4.39 Å². The first kappa shape index (κ1) is 11.7. The van der Waals surface area contributed by atoms with Gasteiger partial charge in [0.15, 0.2) is 0 Å². The standard InChI is InChI=1S/C10H9BrClFO/c1-6(14)8(11)4-7-2-3-10(13)9(12)5-7/h2-3,5,8H,4H2,1H3. The summed E-state index contributed by atoms with van der Waals surface area (Å²) in [7, 11) is 0. The lowest BCUT2D eigenvalue weighted by Crippen LogP contribution is -2.12. The molecule has 0 aliphatic carbocycles. The molecule has 0 amide bonds. The van der Waals surface area contributed by atoms with Gasteiger partial charge in [-0.2, -0.15) is 0 Å². The first-order valence-electron chi connectivity index (χ1n) is 4.09. The van der Waals surface area contributed by atoms with Gasteiger partial charge in [-0.25, -0.2) is 4.39 Å². The third-order valence-corrected chi connectivity index (χ3v) is 3.10. The number of alkyl halides is 1. The Morgan fingerprint density at radius 3 is 2.79 bits per heavy atom. The molecule has 1 unspecified atom stereocenters. The van der Waals surface area contributed by atoms with Gasteiger partial charge in [0.05, 0.1) is 9.85 Å². The minimum Gasteiger partial charge on any atom is -0.299 e. The molecule has 0 aromatic heterocycles. The third-order valence-electron chi connectivity index (χ3n) is 1.84. The maximum Gasteiger partial charge on any atom is 0.143 e. The number of hydrogen-bond acceptors (Lipinski definition) is 1. The topological polar surface area (TPSA) is 17.1 Å². The van der Waals surface area contributed by atoms with Crippen LogP contribution in [0.15, 0.2) is 18.2 Å². The zero-order valence-corrected chi connectivity index (χ0v) is 9.90. The van der Waals surface area contributed by atoms with Crippen molar-refractivity contribution < 1.29 is 9.18 Å². The van der Waals surface area contributed by atoms with Crippen molar-refractivity contribution in [1.82, 2.24) is 0 Å². The van der Waals surface area contributed by atoms with Crippen molar-refractivity contribution in [2.24, 2.45) is 0 Å². The van der Waals surface area contributed by atoms with Gasteiger partial charge in [-0.15, -0.1) is 0 Å². The number of ketones is 1. The Morgan fingerprint density at radius 2 is 2.29 bits per heavy atom. The van der Waals surface area contributed by atoms with Gasteiger partial charge in [0.25, 0.3) is 0 Å². The van der Waals surface area contributed by atoms with Gasteiger partial charge < -0.3 is 0 Å². The van der Waals surface area contributed by atoms with Gasteiger partial charge in [0.2, 0.25) is 0 Å². The molecule has 0 aliphatic heterocycles. The van der Waals surface area contributed by atoms with Crippen molar-refractivity contribution in [1.29, 1.82) is 0 Å². The van der Waals surface area contributed by atoms with E-state index in [4.69, 9.17) is 11.6 Å². The largest absolute Gasteiger partial charge is 0.299 e. The predicted octanol–water partition coefficient (Wildman–Crippen LogP) is 3.37. The Kier molecular flexibility index (Phi) is 4.08. The van der Waals surface area contributed by atoms with Crippen LogP contribution in [-0.2, 0) is 11.2 Å². The molecule has 0 heterocycles. The fraction of sp³-hybridized carbons (Fsp3) is 0.300. The number of carbonyl (C=O) groups is 1. The fourth-order valence-electron chi connectivity index (χ4n) is 1.02. The second-order valence-corrected chi connectivity index (χ2v) is 4.54. The van der Waals surface area contributed by atoms with Gasteiger partial charge in [-0.3, -0.25) is 4.79 Å². The van der Waals surface area contributed by atoms with E-state index in [2.05, 4.69) is 15.9 Å². The van der Waals surface area contributed by atoms with Gasteiger partial charge >= 0.3 is 0 Å². The Balaban J connectivity index is 2.78. The number of carbonyl (C=O) groups excluding carboxylic acids is 1. The molecule has 0 N–H and O–H groups in total. The quantitative estimate of drug-likeness (QED) is 0.775. The fourth-order valence-corrected chi connectivity index (χ4v) is 1.59. The van der Waals surface area contributed by atoms with Crippen LogP contribution in [0.2, 0.25) is 5.02 Å². The maximum absolute atomic E-state index is 12.8. The summed E-state index contributed by atoms with van der Waals surface area (Å²) >= 11 is 8.84. The lowest BCUT2D eigenvalue weighted by Gasteiger charge is -2.06. The van der Waals surface area contributed by atoms with Crippen LogP contribution in [-0.4, -0.2) is 10.6 Å². The van der Waals surface area contributed by atoms with Crippen LogP contribution in [0, 0.1) is 5.82 Å². The summed E-state index contributed by atoms with van der Waals surface area (Å²) in [5.74, 6) is -0.394. The van der Waals surface area contributed by atoms with E-state index in [1.807, 2.05) is 0 Å². The average molecular weight is 280 g/mol. The van der Waals surface area contributed by atoms with E-state index < -0.39 is 5.82 Å². The maximum atomic E-state index is 12.8. The first-order chi connectivity index (χ1) is 6.50. The molecule has 14 heavy (non-hydrogen) atoms. The molecular weight excluding hydrogens is 270 g/mol. The van der Waals surface area contributed by atoms with Crippen LogP contribution < -0.4 is 0 Å². The highest BCUT2D eigenvalue weighted by Gasteiger charge is 2.11. The van der Waals surface area contributed by atoms with Crippen molar-refractivity contribution >= 4 is 33.3 Å². The van der Waals surface area contributed by atoms with E-state index in [1.54, 1.807) is 6.07 Å². The molecule has 1 aromatic rings. The molecule has 76 valence electrons. The number of Topliss-reactive ketones (excluding diaryl/α,β-unsaturated/α-hetero) is 1. The molecule has 1 aromatic carbocycles. The van der Waals surface area contributed by atoms with Gasteiger partial charge in [0, 0.05) is 0 Å². The van der Waals surface area contributed by atoms with Crippen LogP contribution >= 0.6 is 27.5 Å². The van der Waals surface area contributed by atoms with Crippen LogP contribution in [0.5, 0.6) is 0 Å². The minimum atomic E-state index is -0.440. The van der Waals surface area contributed by atoms with Crippen LogP contribution in [0.25, 0.3) is 0 Å². The summed E-state index contributed by atoms with van der Waals surface area (Å²) in [5, 5.41) is 0.0887. The molecule has 4 heteroatoms. The highest BCUT2D eigenvalue weighted by molar-refractivity contribution is 9.10. The Hall–Kier alpha value is -0.410. The summed E-state index contributed by atoms with van der Waals surface area (Å²) in [6, 6.07) is 4.46. The zero-order valence-electron chi connectivity index (χ0n) is 7.56. The SMILES string of the molecule is CC(=O)C(Br)Cc1ccc(F)c(Cl)c1. The lowest BCUT2D eigenvalue weighted by atomic mass is 10.1. The summed E-state index contributed by atoms with van der Waals surface area (Å²) in [6.45, 7) is 1.50. The summed E-state index contributed by atoms with van der Waals surface area (Å²) in [5.41, 5.74) is 0.841. The highest BCUT2D eigenvalue weighted by Crippen LogP contribution is 2.18. The molecule has 0 radical (unpaired) electrons. The Bertz CT molecular complexity index is 354. The summed E-state index contributed by atoms with van der Waals surface area (Å²) in [6.07, 6.45) is 0.523. The predicted molar refractivity (Wildman–Crippen MR) is 58.5 cm³/mol. The lowest BCUT2D eigenvalue weighted by molar-refractivity contribution is -0.116. The first-order valence-corrected chi connectivity index (χ1v) is 5.38. The molecule has 0 fully saturated rings. The van der Waals surface area contributed by atoms with Crippen molar-refractivity contribution in [3.8, 4) is 0 Å². The summed E-state index contributed by atoms with van der Waals surface area (Å²) in [4.78, 5) is 10.7. The molecular formula is C10H9BrClFO. The zero-order chi connectivity index (χ0) is 10.7. The minimum absolute atomic E-state index is 0.0467. The van der Waals surface area contributed by atoms with E-state index in [-0.39, 0.29) is 15.6 Å². The van der Waals surface area contributed by atoms with Gasteiger partial charge in [-0.1, -0.05) is 33.6 Å². The Morgan fingerprint density at radius 1 is 1.64 bits per heavy atom. The molecule has 0 aliphatic rings. The van der Waals surface area contributed by atoms with E-state index in [0.717, 1.165) is 5.56 Å². The van der Waals surface area contributed by atoms with E-state index >= 15 is 0 Å². The van der Waals surface area contributed by atoms with Crippen molar-refractivity contribution in [3.63, 3.8) is 0 Å². The summed E-state index contributed by atoms with van der Waals surface area (Å²) < 4.78 is 12.8. The molecule has 0 saturated carbocycles. The molecule has 1 nitrogen and oxygen atoms in total. The molecule has 0 spiro atoms. The van der Waals surface area contributed by atoms with E-state index in [0.29, 0.717) is 6.42 Å². The number of benzene rings is 1. The average Bonchev–Trinajstić information content (AvgIpc) is 2.11. The van der Waals surface area contributed by atoms with Crippen LogP contribution in [0.3, 0.4) is 0 Å². The van der Waals surface area contributed by atoms with E-state index in [1.165, 1.54) is 19.1 Å². The molecule has 1 rings (SSSR count). The van der Waals surface area contributed by atoms with Crippen molar-refractivity contribution in [2.75, 3.05) is 0 Å². The number of halogens is 3. The normalized spacial score (nSPS) is 12.6. The molecule has 0 bridgehead atoms. The number of rotatable bonds is 3.